The van der Waals surface area contributed by atoms with E-state index in [0.29, 0.717) is 19.5 Å². The molecule has 2 heterocycles. The average Bonchev–Trinajstić information content (AvgIpc) is 2.83. The fraction of sp³-hybridized carbons (Fsp3) is 0.286. The molecule has 3 amide bonds. The number of carbonyl (C=O) groups is 2. The number of para-hydroxylation sites is 1. The van der Waals surface area contributed by atoms with Gasteiger partial charge in [0, 0.05) is 30.2 Å². The van der Waals surface area contributed by atoms with Crippen LogP contribution in [0.5, 0.6) is 0 Å². The van der Waals surface area contributed by atoms with Crippen LogP contribution in [0, 0.1) is 0 Å². The molecule has 1 aromatic heterocycles. The molecule has 3 rings (SSSR count). The predicted octanol–water partition coefficient (Wildman–Crippen LogP) is 1.73. The van der Waals surface area contributed by atoms with Gasteiger partial charge in [-0.15, -0.1) is 0 Å². The highest BCUT2D eigenvalue weighted by Gasteiger charge is 2.25. The molecule has 0 unspecified atom stereocenters. The smallest absolute Gasteiger partial charge is 0.326 e. The summed E-state index contributed by atoms with van der Waals surface area (Å²) in [6.07, 6.45) is 1.36. The Morgan fingerprint density at radius 1 is 1.42 bits per heavy atom. The van der Waals surface area contributed by atoms with Gasteiger partial charge in [-0.2, -0.15) is 0 Å². The molecule has 0 bridgehead atoms. The molecule has 19 heavy (non-hydrogen) atoms. The van der Waals surface area contributed by atoms with Crippen LogP contribution in [-0.2, 0) is 17.8 Å². The molecular weight excluding hydrogens is 242 g/mol. The summed E-state index contributed by atoms with van der Waals surface area (Å²) < 4.78 is 0. The number of hydrogen-bond acceptors (Lipinski definition) is 2. The van der Waals surface area contributed by atoms with Gasteiger partial charge in [0.1, 0.15) is 0 Å². The second kappa shape index (κ2) is 4.42. The third-order valence-corrected chi connectivity index (χ3v) is 3.61. The average molecular weight is 257 g/mol. The van der Waals surface area contributed by atoms with Crippen LogP contribution in [0.25, 0.3) is 10.9 Å². The van der Waals surface area contributed by atoms with Gasteiger partial charge in [0.2, 0.25) is 6.41 Å². The molecule has 0 radical (unpaired) electrons. The summed E-state index contributed by atoms with van der Waals surface area (Å²) in [7, 11) is 1.48. The first-order valence-electron chi connectivity index (χ1n) is 6.26. The van der Waals surface area contributed by atoms with Crippen LogP contribution >= 0.6 is 0 Å². The third-order valence-electron chi connectivity index (χ3n) is 3.61. The van der Waals surface area contributed by atoms with Crippen molar-refractivity contribution in [3.05, 3.63) is 35.5 Å². The standard InChI is InChI=1S/C14H15N3O2/c1-16(9-18)14(19)17-7-6-11-10-4-2-3-5-12(10)15-13(11)8-17/h2-5,9,15H,6-8H2,1H3. The Morgan fingerprint density at radius 3 is 3.00 bits per heavy atom. The van der Waals surface area contributed by atoms with Crippen molar-refractivity contribution in [3.63, 3.8) is 0 Å². The van der Waals surface area contributed by atoms with Crippen LogP contribution in [0.3, 0.4) is 0 Å². The highest BCUT2D eigenvalue weighted by Crippen LogP contribution is 2.27. The molecule has 0 saturated heterocycles. The number of nitrogens with zero attached hydrogens (tertiary/aromatic N) is 2. The lowest BCUT2D eigenvalue weighted by Gasteiger charge is -2.28. The van der Waals surface area contributed by atoms with E-state index in [0.717, 1.165) is 22.5 Å². The van der Waals surface area contributed by atoms with Crippen molar-refractivity contribution in [1.82, 2.24) is 14.8 Å². The minimum Gasteiger partial charge on any atom is -0.357 e. The number of carbonyl (C=O) groups excluding carboxylic acids is 2. The number of fused-ring (bicyclic) bond motifs is 3. The first-order chi connectivity index (χ1) is 9.20. The molecule has 1 aromatic carbocycles. The number of aromatic amines is 1. The number of aromatic nitrogens is 1. The number of urea groups is 1. The van der Waals surface area contributed by atoms with Crippen molar-refractivity contribution in [1.29, 1.82) is 0 Å². The normalized spacial score (nSPS) is 14.3. The van der Waals surface area contributed by atoms with Gasteiger partial charge in [-0.05, 0) is 18.1 Å². The molecule has 1 aliphatic rings. The molecule has 5 nitrogen and oxygen atoms in total. The first-order valence-corrected chi connectivity index (χ1v) is 6.26. The van der Waals surface area contributed by atoms with Crippen molar-refractivity contribution < 1.29 is 9.59 Å². The summed E-state index contributed by atoms with van der Waals surface area (Å²) in [5.41, 5.74) is 3.46. The largest absolute Gasteiger partial charge is 0.357 e. The van der Waals surface area contributed by atoms with Crippen LogP contribution in [0.1, 0.15) is 11.3 Å². The maximum atomic E-state index is 12.0. The van der Waals surface area contributed by atoms with Crippen molar-refractivity contribution in [2.75, 3.05) is 13.6 Å². The zero-order chi connectivity index (χ0) is 13.4. The molecule has 98 valence electrons. The lowest BCUT2D eigenvalue weighted by Crippen LogP contribution is -2.43. The number of imide groups is 1. The van der Waals surface area contributed by atoms with Gasteiger partial charge in [-0.1, -0.05) is 18.2 Å². The van der Waals surface area contributed by atoms with Crippen LogP contribution < -0.4 is 0 Å². The number of rotatable bonds is 1. The number of amides is 3. The van der Waals surface area contributed by atoms with Gasteiger partial charge in [0.25, 0.3) is 0 Å². The molecule has 0 fully saturated rings. The number of nitrogens with one attached hydrogen (secondary N) is 1. The van der Waals surface area contributed by atoms with Gasteiger partial charge in [0.15, 0.2) is 0 Å². The van der Waals surface area contributed by atoms with E-state index in [2.05, 4.69) is 11.1 Å². The van der Waals surface area contributed by atoms with Gasteiger partial charge < -0.3 is 9.88 Å². The van der Waals surface area contributed by atoms with E-state index in [1.165, 1.54) is 18.0 Å². The second-order valence-corrected chi connectivity index (χ2v) is 4.80. The van der Waals surface area contributed by atoms with E-state index in [1.54, 1.807) is 4.90 Å². The molecule has 1 N–H and O–H groups in total. The molecule has 0 saturated carbocycles. The summed E-state index contributed by atoms with van der Waals surface area (Å²) >= 11 is 0. The third kappa shape index (κ3) is 1.87. The SMILES string of the molecule is CN(C=O)C(=O)N1CCc2c([nH]c3ccccc23)C1. The van der Waals surface area contributed by atoms with Crippen molar-refractivity contribution in [2.24, 2.45) is 0 Å². The quantitative estimate of drug-likeness (QED) is 0.791. The van der Waals surface area contributed by atoms with Gasteiger partial charge >= 0.3 is 6.03 Å². The Morgan fingerprint density at radius 2 is 2.21 bits per heavy atom. The van der Waals surface area contributed by atoms with Gasteiger partial charge in [-0.3, -0.25) is 9.69 Å². The van der Waals surface area contributed by atoms with E-state index in [4.69, 9.17) is 0 Å². The van der Waals surface area contributed by atoms with Crippen LogP contribution in [0.15, 0.2) is 24.3 Å². The van der Waals surface area contributed by atoms with E-state index in [9.17, 15) is 9.59 Å². The molecule has 0 atom stereocenters. The van der Waals surface area contributed by atoms with Gasteiger partial charge in [-0.25, -0.2) is 4.79 Å². The number of hydrogen-bond donors (Lipinski definition) is 1. The number of benzene rings is 1. The fourth-order valence-electron chi connectivity index (χ4n) is 2.62. The van der Waals surface area contributed by atoms with Gasteiger partial charge in [0.05, 0.1) is 6.54 Å². The molecule has 5 heteroatoms. The zero-order valence-electron chi connectivity index (χ0n) is 10.7. The molecular formula is C14H15N3O2. The maximum Gasteiger partial charge on any atom is 0.326 e. The number of H-pyrrole nitrogens is 1. The maximum absolute atomic E-state index is 12.0. The highest BCUT2D eigenvalue weighted by molar-refractivity contribution is 5.87. The minimum absolute atomic E-state index is 0.251. The molecule has 2 aromatic rings. The summed E-state index contributed by atoms with van der Waals surface area (Å²) in [4.78, 5) is 28.7. The lowest BCUT2D eigenvalue weighted by atomic mass is 10.0. The van der Waals surface area contributed by atoms with Crippen molar-refractivity contribution >= 4 is 23.3 Å². The van der Waals surface area contributed by atoms with E-state index >= 15 is 0 Å². The van der Waals surface area contributed by atoms with Crippen LogP contribution in [-0.4, -0.2) is 40.8 Å². The topological polar surface area (TPSA) is 56.4 Å². The highest BCUT2D eigenvalue weighted by atomic mass is 16.2. The van der Waals surface area contributed by atoms with E-state index < -0.39 is 0 Å². The van der Waals surface area contributed by atoms with E-state index in [1.807, 2.05) is 18.2 Å². The molecule has 0 spiro atoms. The Balaban J connectivity index is 1.92. The Labute approximate surface area is 110 Å². The van der Waals surface area contributed by atoms with E-state index in [-0.39, 0.29) is 6.03 Å². The summed E-state index contributed by atoms with van der Waals surface area (Å²) in [5, 5.41) is 1.23. The predicted molar refractivity (Wildman–Crippen MR) is 71.6 cm³/mol. The monoisotopic (exact) mass is 257 g/mol. The van der Waals surface area contributed by atoms with Crippen LogP contribution in [0.4, 0.5) is 4.79 Å². The van der Waals surface area contributed by atoms with Crippen molar-refractivity contribution in [3.8, 4) is 0 Å². The lowest BCUT2D eigenvalue weighted by molar-refractivity contribution is -0.115. The zero-order valence-corrected chi connectivity index (χ0v) is 10.7. The Kier molecular flexibility index (Phi) is 2.74. The minimum atomic E-state index is -0.251. The molecule has 1 aliphatic heterocycles. The summed E-state index contributed by atoms with van der Waals surface area (Å²) in [6.45, 7) is 1.17. The summed E-state index contributed by atoms with van der Waals surface area (Å²) in [5.74, 6) is 0. The second-order valence-electron chi connectivity index (χ2n) is 4.80. The molecule has 0 aliphatic carbocycles. The Bertz CT molecular complexity index is 647. The first kappa shape index (κ1) is 11.8. The van der Waals surface area contributed by atoms with Crippen molar-refractivity contribution in [2.45, 2.75) is 13.0 Å². The van der Waals surface area contributed by atoms with Crippen LogP contribution in [0.2, 0.25) is 0 Å². The summed E-state index contributed by atoms with van der Waals surface area (Å²) in [6, 6.07) is 7.90. The fourth-order valence-corrected chi connectivity index (χ4v) is 2.62. The Hall–Kier alpha value is -2.30.